The molecule has 0 radical (unpaired) electrons. The summed E-state index contributed by atoms with van der Waals surface area (Å²) in [5.74, 6) is 1.33. The molecule has 4 rings (SSSR count). The molecule has 1 saturated carbocycles. The highest BCUT2D eigenvalue weighted by Crippen LogP contribution is 2.38. The third kappa shape index (κ3) is 6.07. The van der Waals surface area contributed by atoms with E-state index in [0.717, 1.165) is 41.9 Å². The first-order chi connectivity index (χ1) is 16.8. The maximum Gasteiger partial charge on any atom is 0.261 e. The minimum absolute atomic E-state index is 0.0109. The molecule has 1 fully saturated rings. The lowest BCUT2D eigenvalue weighted by molar-refractivity contribution is 0.107. The first kappa shape index (κ1) is 26.1. The molecule has 2 aromatic carbocycles. The lowest BCUT2D eigenvalue weighted by atomic mass is 9.85. The molecule has 0 N–H and O–H groups in total. The number of benzene rings is 2. The van der Waals surface area contributed by atoms with Crippen LogP contribution >= 0.6 is 15.9 Å². The fourth-order valence-corrected chi connectivity index (χ4v) is 10.4. The first-order valence-corrected chi connectivity index (χ1v) is 15.5. The van der Waals surface area contributed by atoms with E-state index in [1.807, 2.05) is 19.1 Å². The van der Waals surface area contributed by atoms with Crippen LogP contribution in [0.15, 0.2) is 77.3 Å². The zero-order valence-electron chi connectivity index (χ0n) is 21.5. The summed E-state index contributed by atoms with van der Waals surface area (Å²) in [6, 6.07) is 25.9. The second-order valence-corrected chi connectivity index (χ2v) is 16.0. The molecular formula is C30H38BrNO2Si. The Balaban J connectivity index is 1.48. The van der Waals surface area contributed by atoms with Crippen molar-refractivity contribution in [1.29, 1.82) is 0 Å². The Morgan fingerprint density at radius 1 is 0.914 bits per heavy atom. The van der Waals surface area contributed by atoms with Crippen LogP contribution in [0.5, 0.6) is 5.88 Å². The van der Waals surface area contributed by atoms with Crippen LogP contribution in [-0.2, 0) is 4.43 Å². The van der Waals surface area contributed by atoms with Gasteiger partial charge in [-0.15, -0.1) is 0 Å². The minimum Gasteiger partial charge on any atom is -0.474 e. The lowest BCUT2D eigenvalue weighted by Crippen LogP contribution is -2.66. The summed E-state index contributed by atoms with van der Waals surface area (Å²) in [6.07, 6.45) is 5.87. The van der Waals surface area contributed by atoms with Crippen molar-refractivity contribution < 1.29 is 9.16 Å². The van der Waals surface area contributed by atoms with Crippen LogP contribution in [0.4, 0.5) is 0 Å². The number of ether oxygens (including phenoxy) is 1. The molecule has 1 aliphatic rings. The van der Waals surface area contributed by atoms with Gasteiger partial charge in [-0.2, -0.15) is 0 Å². The van der Waals surface area contributed by atoms with Crippen LogP contribution in [0.2, 0.25) is 5.04 Å². The number of hydrogen-bond donors (Lipinski definition) is 0. The summed E-state index contributed by atoms with van der Waals surface area (Å²) < 4.78 is 14.4. The van der Waals surface area contributed by atoms with E-state index in [4.69, 9.17) is 9.16 Å². The fourth-order valence-electron chi connectivity index (χ4n) is 5.51. The Bertz CT molecular complexity index is 1050. The van der Waals surface area contributed by atoms with Crippen LogP contribution in [0.1, 0.15) is 58.6 Å². The summed E-state index contributed by atoms with van der Waals surface area (Å²) >= 11 is 3.60. The quantitative estimate of drug-likeness (QED) is 0.281. The van der Waals surface area contributed by atoms with Crippen molar-refractivity contribution in [2.24, 2.45) is 5.92 Å². The Labute approximate surface area is 220 Å². The number of rotatable bonds is 8. The third-order valence-corrected chi connectivity index (χ3v) is 12.9. The maximum absolute atomic E-state index is 7.14. The number of halogens is 1. The van der Waals surface area contributed by atoms with Crippen LogP contribution in [0, 0.1) is 12.8 Å². The van der Waals surface area contributed by atoms with Gasteiger partial charge >= 0.3 is 0 Å². The Morgan fingerprint density at radius 2 is 1.54 bits per heavy atom. The van der Waals surface area contributed by atoms with Crippen LogP contribution in [-0.4, -0.2) is 26.0 Å². The molecule has 3 aromatic rings. The summed E-state index contributed by atoms with van der Waals surface area (Å²) in [5.41, 5.74) is 0.981. The third-order valence-electron chi connectivity index (χ3n) is 7.23. The standard InChI is InChI=1S/C30H38BrNO2Si/c1-23-18-19-28(31)29(32-23)34-25-13-11-12-24(22-25)20-21-33-35(30(2,3)4,26-14-7-5-8-15-26)27-16-9-6-10-17-27/h5-10,14-19,24-25H,11-13,20-22H2,1-4H3/t24-,25-/m1/s1. The molecule has 5 heteroatoms. The smallest absolute Gasteiger partial charge is 0.261 e. The van der Waals surface area contributed by atoms with Crippen molar-refractivity contribution in [2.75, 3.05) is 6.61 Å². The Morgan fingerprint density at radius 3 is 2.14 bits per heavy atom. The maximum atomic E-state index is 7.14. The predicted octanol–water partition coefficient (Wildman–Crippen LogP) is 7.06. The molecular weight excluding hydrogens is 514 g/mol. The summed E-state index contributed by atoms with van der Waals surface area (Å²) in [4.78, 5) is 4.59. The van der Waals surface area contributed by atoms with E-state index >= 15 is 0 Å². The van der Waals surface area contributed by atoms with Crippen LogP contribution < -0.4 is 15.1 Å². The van der Waals surface area contributed by atoms with Gasteiger partial charge in [0.25, 0.3) is 8.32 Å². The van der Waals surface area contributed by atoms with E-state index in [1.54, 1.807) is 0 Å². The average Bonchev–Trinajstić information content (AvgIpc) is 2.85. The normalized spacial score (nSPS) is 18.9. The van der Waals surface area contributed by atoms with E-state index < -0.39 is 8.32 Å². The number of nitrogens with zero attached hydrogens (tertiary/aromatic N) is 1. The second-order valence-electron chi connectivity index (χ2n) is 10.8. The van der Waals surface area contributed by atoms with Crippen LogP contribution in [0.25, 0.3) is 0 Å². The zero-order chi connectivity index (χ0) is 24.9. The van der Waals surface area contributed by atoms with Gasteiger partial charge < -0.3 is 9.16 Å². The van der Waals surface area contributed by atoms with Gasteiger partial charge in [0, 0.05) is 12.3 Å². The predicted molar refractivity (Wildman–Crippen MR) is 151 cm³/mol. The van der Waals surface area contributed by atoms with Gasteiger partial charge in [0.2, 0.25) is 5.88 Å². The van der Waals surface area contributed by atoms with E-state index in [9.17, 15) is 0 Å². The molecule has 0 amide bonds. The Hall–Kier alpha value is -1.95. The number of aryl methyl sites for hydroxylation is 1. The molecule has 186 valence electrons. The van der Waals surface area contributed by atoms with Crippen molar-refractivity contribution in [3.8, 4) is 5.88 Å². The van der Waals surface area contributed by atoms with E-state index in [-0.39, 0.29) is 11.1 Å². The van der Waals surface area contributed by atoms with Crippen molar-refractivity contribution >= 4 is 34.6 Å². The number of pyridine rings is 1. The molecule has 1 aromatic heterocycles. The molecule has 1 aliphatic carbocycles. The van der Waals surface area contributed by atoms with Gasteiger partial charge in [-0.1, -0.05) is 87.9 Å². The summed E-state index contributed by atoms with van der Waals surface area (Å²) in [7, 11) is -2.47. The number of hydrogen-bond acceptors (Lipinski definition) is 3. The molecule has 3 nitrogen and oxygen atoms in total. The van der Waals surface area contributed by atoms with Crippen molar-refractivity contribution in [1.82, 2.24) is 4.98 Å². The zero-order valence-corrected chi connectivity index (χ0v) is 24.1. The highest BCUT2D eigenvalue weighted by atomic mass is 79.9. The monoisotopic (exact) mass is 551 g/mol. The highest BCUT2D eigenvalue weighted by Gasteiger charge is 2.50. The molecule has 0 spiro atoms. The van der Waals surface area contributed by atoms with Gasteiger partial charge in [-0.25, -0.2) is 4.98 Å². The Kier molecular flexibility index (Phi) is 8.51. The summed E-state index contributed by atoms with van der Waals surface area (Å²) in [6.45, 7) is 9.81. The molecule has 1 heterocycles. The molecule has 0 unspecified atom stereocenters. The molecule has 35 heavy (non-hydrogen) atoms. The van der Waals surface area contributed by atoms with Gasteiger partial charge in [-0.3, -0.25) is 0 Å². The lowest BCUT2D eigenvalue weighted by Gasteiger charge is -2.43. The first-order valence-electron chi connectivity index (χ1n) is 12.8. The van der Waals surface area contributed by atoms with Gasteiger partial charge in [0.05, 0.1) is 4.47 Å². The van der Waals surface area contributed by atoms with Crippen molar-refractivity contribution in [2.45, 2.75) is 70.9 Å². The second kappa shape index (κ2) is 11.4. The molecule has 2 atom stereocenters. The van der Waals surface area contributed by atoms with E-state index in [1.165, 1.54) is 23.2 Å². The molecule has 0 bridgehead atoms. The average molecular weight is 553 g/mol. The summed E-state index contributed by atoms with van der Waals surface area (Å²) in [5, 5.41) is 2.70. The largest absolute Gasteiger partial charge is 0.474 e. The molecule has 0 aliphatic heterocycles. The SMILES string of the molecule is Cc1ccc(Br)c(O[C@@H]2CCC[C@H](CCO[Si](c3ccccc3)(c3ccccc3)C(C)(C)C)C2)n1. The van der Waals surface area contributed by atoms with Crippen LogP contribution in [0.3, 0.4) is 0 Å². The highest BCUT2D eigenvalue weighted by molar-refractivity contribution is 9.10. The van der Waals surface area contributed by atoms with E-state index in [2.05, 4.69) is 102 Å². The van der Waals surface area contributed by atoms with Gasteiger partial charge in [0.15, 0.2) is 0 Å². The van der Waals surface area contributed by atoms with Gasteiger partial charge in [-0.05, 0) is 82.0 Å². The topological polar surface area (TPSA) is 31.4 Å². The van der Waals surface area contributed by atoms with Crippen molar-refractivity contribution in [3.05, 3.63) is 83.0 Å². The number of aromatic nitrogens is 1. The minimum atomic E-state index is -2.47. The van der Waals surface area contributed by atoms with Crippen molar-refractivity contribution in [3.63, 3.8) is 0 Å². The fraction of sp³-hybridized carbons (Fsp3) is 0.433. The van der Waals surface area contributed by atoms with Gasteiger partial charge in [0.1, 0.15) is 6.10 Å². The molecule has 0 saturated heterocycles. The van der Waals surface area contributed by atoms with E-state index in [0.29, 0.717) is 5.92 Å².